The molecule has 9 heteroatoms. The second kappa shape index (κ2) is 13.2. The first-order valence-corrected chi connectivity index (χ1v) is 16.1. The normalized spacial score (nSPS) is 20.7. The minimum absolute atomic E-state index is 0.00493. The lowest BCUT2D eigenvalue weighted by molar-refractivity contribution is -0.0896. The fourth-order valence-corrected chi connectivity index (χ4v) is 7.94. The van der Waals surface area contributed by atoms with E-state index in [0.29, 0.717) is 12.1 Å². The molecule has 1 aliphatic rings. The van der Waals surface area contributed by atoms with E-state index in [1.54, 1.807) is 6.07 Å². The van der Waals surface area contributed by atoms with Gasteiger partial charge in [-0.05, 0) is 28.8 Å². The smallest absolute Gasteiger partial charge is 0.234 e. The Morgan fingerprint density at radius 3 is 1.79 bits per heavy atom. The van der Waals surface area contributed by atoms with Gasteiger partial charge in [0.1, 0.15) is 18.3 Å². The molecule has 0 radical (unpaired) electrons. The van der Waals surface area contributed by atoms with E-state index >= 15 is 0 Å². The Bertz CT molecular complexity index is 1650. The average molecular weight is 602 g/mol. The monoisotopic (exact) mass is 601 g/mol. The number of thiazole rings is 1. The highest BCUT2D eigenvalue weighted by Gasteiger charge is 2.53. The molecule has 0 spiro atoms. The molecule has 4 atom stereocenters. The van der Waals surface area contributed by atoms with Crippen LogP contribution in [0.15, 0.2) is 120 Å². The van der Waals surface area contributed by atoms with E-state index in [1.807, 2.05) is 109 Å². The van der Waals surface area contributed by atoms with Crippen LogP contribution in [0.4, 0.5) is 0 Å². The van der Waals surface area contributed by atoms with Crippen molar-refractivity contribution in [2.45, 2.75) is 47.9 Å². The SMILES string of the molecule is O=S(=O)(c1nc2ccccc2s1)[C@H]1O[C@H](COCc2ccccc2)[C@H](OCc2ccccc2)[C@H]1OCc1ccccc1. The fourth-order valence-electron chi connectivity index (χ4n) is 4.93. The fraction of sp³-hybridized carbons (Fsp3) is 0.242. The Labute approximate surface area is 249 Å². The number of ether oxygens (including phenoxy) is 4. The molecule has 6 rings (SSSR count). The number of hydrogen-bond acceptors (Lipinski definition) is 8. The number of nitrogens with zero attached hydrogens (tertiary/aromatic N) is 1. The van der Waals surface area contributed by atoms with Crippen LogP contribution in [0.3, 0.4) is 0 Å². The molecular formula is C33H31NO6S2. The van der Waals surface area contributed by atoms with Crippen LogP contribution in [0.1, 0.15) is 16.7 Å². The molecule has 0 N–H and O–H groups in total. The number of rotatable bonds is 12. The van der Waals surface area contributed by atoms with Crippen LogP contribution >= 0.6 is 11.3 Å². The predicted octanol–water partition coefficient (Wildman–Crippen LogP) is 6.18. The van der Waals surface area contributed by atoms with Crippen molar-refractivity contribution in [1.82, 2.24) is 4.98 Å². The summed E-state index contributed by atoms with van der Waals surface area (Å²) in [7, 11) is -4.06. The van der Waals surface area contributed by atoms with Gasteiger partial charge in [0.05, 0.1) is 36.6 Å². The molecule has 216 valence electrons. The average Bonchev–Trinajstić information content (AvgIpc) is 3.63. The molecule has 4 aromatic carbocycles. The molecule has 0 bridgehead atoms. The van der Waals surface area contributed by atoms with Crippen molar-refractivity contribution in [3.8, 4) is 0 Å². The van der Waals surface area contributed by atoms with E-state index in [1.165, 1.54) is 0 Å². The number of para-hydroxylation sites is 1. The lowest BCUT2D eigenvalue weighted by atomic mass is 10.1. The van der Waals surface area contributed by atoms with E-state index in [-0.39, 0.29) is 24.2 Å². The quantitative estimate of drug-likeness (QED) is 0.169. The van der Waals surface area contributed by atoms with Crippen molar-refractivity contribution in [1.29, 1.82) is 0 Å². The summed E-state index contributed by atoms with van der Waals surface area (Å²) < 4.78 is 54.2. The van der Waals surface area contributed by atoms with E-state index in [9.17, 15) is 8.42 Å². The number of hydrogen-bond donors (Lipinski definition) is 0. The minimum Gasteiger partial charge on any atom is -0.374 e. The van der Waals surface area contributed by atoms with Crippen LogP contribution in [-0.4, -0.2) is 43.8 Å². The van der Waals surface area contributed by atoms with Gasteiger partial charge in [-0.25, -0.2) is 13.4 Å². The van der Waals surface area contributed by atoms with Gasteiger partial charge in [-0.2, -0.15) is 0 Å². The number of aromatic nitrogens is 1. The third-order valence-corrected chi connectivity index (χ3v) is 10.4. The molecule has 1 saturated heterocycles. The molecule has 0 unspecified atom stereocenters. The first-order valence-electron chi connectivity index (χ1n) is 13.8. The van der Waals surface area contributed by atoms with Crippen molar-refractivity contribution < 1.29 is 27.4 Å². The summed E-state index contributed by atoms with van der Waals surface area (Å²) in [6, 6.07) is 36.5. The highest BCUT2D eigenvalue weighted by molar-refractivity contribution is 7.94. The highest BCUT2D eigenvalue weighted by atomic mass is 32.2. The van der Waals surface area contributed by atoms with Gasteiger partial charge in [0, 0.05) is 0 Å². The zero-order valence-electron chi connectivity index (χ0n) is 22.8. The second-order valence-electron chi connectivity index (χ2n) is 10.1. The van der Waals surface area contributed by atoms with Crippen LogP contribution in [-0.2, 0) is 48.6 Å². The maximum Gasteiger partial charge on any atom is 0.234 e. The first kappa shape index (κ1) is 28.7. The van der Waals surface area contributed by atoms with Gasteiger partial charge >= 0.3 is 0 Å². The predicted molar refractivity (Wildman–Crippen MR) is 162 cm³/mol. The number of benzene rings is 4. The third-order valence-electron chi connectivity index (χ3n) is 7.06. The third kappa shape index (κ3) is 6.62. The Hall–Kier alpha value is -3.44. The van der Waals surface area contributed by atoms with Gasteiger partial charge in [-0.15, -0.1) is 11.3 Å². The maximum absolute atomic E-state index is 14.1. The summed E-state index contributed by atoms with van der Waals surface area (Å²) in [6.07, 6.45) is -2.32. The summed E-state index contributed by atoms with van der Waals surface area (Å²) in [5.41, 5.74) is 2.18. The summed E-state index contributed by atoms with van der Waals surface area (Å²) >= 11 is 1.13. The second-order valence-corrected chi connectivity index (χ2v) is 13.3. The first-order chi connectivity index (χ1) is 20.6. The van der Waals surface area contributed by atoms with Gasteiger partial charge in [0.25, 0.3) is 0 Å². The van der Waals surface area contributed by atoms with Crippen LogP contribution in [0, 0.1) is 0 Å². The summed E-state index contributed by atoms with van der Waals surface area (Å²) in [5, 5.41) is 0. The van der Waals surface area contributed by atoms with Gasteiger partial charge in [0.15, 0.2) is 5.44 Å². The Morgan fingerprint density at radius 2 is 1.19 bits per heavy atom. The van der Waals surface area contributed by atoms with E-state index in [4.69, 9.17) is 18.9 Å². The molecular weight excluding hydrogens is 570 g/mol. The number of sulfone groups is 1. The molecule has 2 heterocycles. The largest absolute Gasteiger partial charge is 0.374 e. The van der Waals surface area contributed by atoms with Crippen molar-refractivity contribution in [3.63, 3.8) is 0 Å². The van der Waals surface area contributed by atoms with Gasteiger partial charge in [-0.3, -0.25) is 0 Å². The molecule has 42 heavy (non-hydrogen) atoms. The number of fused-ring (bicyclic) bond motifs is 1. The van der Waals surface area contributed by atoms with Crippen molar-refractivity contribution in [3.05, 3.63) is 132 Å². The standard InChI is InChI=1S/C33H31NO6S2/c35-42(36,33-34-27-18-10-11-19-29(27)41-33)32-31(39-22-26-16-8-3-9-17-26)30(38-21-25-14-6-2-7-15-25)28(40-32)23-37-20-24-12-4-1-5-13-24/h1-19,28,30-32H,20-23H2/t28-,30+,31-,32-/m1/s1. The molecule has 7 nitrogen and oxygen atoms in total. The molecule has 1 fully saturated rings. The van der Waals surface area contributed by atoms with Crippen LogP contribution in [0.2, 0.25) is 0 Å². The molecule has 0 amide bonds. The van der Waals surface area contributed by atoms with E-state index in [0.717, 1.165) is 32.7 Å². The van der Waals surface area contributed by atoms with Gasteiger partial charge < -0.3 is 18.9 Å². The molecule has 0 aliphatic carbocycles. The Balaban J connectivity index is 1.30. The Morgan fingerprint density at radius 1 is 0.667 bits per heavy atom. The summed E-state index contributed by atoms with van der Waals surface area (Å²) in [4.78, 5) is 4.45. The van der Waals surface area contributed by atoms with Crippen LogP contribution in [0.25, 0.3) is 10.2 Å². The lowest BCUT2D eigenvalue weighted by Gasteiger charge is -2.25. The zero-order valence-corrected chi connectivity index (χ0v) is 24.5. The van der Waals surface area contributed by atoms with Crippen LogP contribution in [0.5, 0.6) is 0 Å². The van der Waals surface area contributed by atoms with Gasteiger partial charge in [-0.1, -0.05) is 103 Å². The maximum atomic E-state index is 14.1. The summed E-state index contributed by atoms with van der Waals surface area (Å²) in [6.45, 7) is 0.953. The van der Waals surface area contributed by atoms with Crippen molar-refractivity contribution in [2.24, 2.45) is 0 Å². The molecule has 1 aliphatic heterocycles. The zero-order chi connectivity index (χ0) is 28.8. The van der Waals surface area contributed by atoms with E-state index in [2.05, 4.69) is 4.98 Å². The van der Waals surface area contributed by atoms with Crippen molar-refractivity contribution >= 4 is 31.4 Å². The highest BCUT2D eigenvalue weighted by Crippen LogP contribution is 2.37. The van der Waals surface area contributed by atoms with Crippen molar-refractivity contribution in [2.75, 3.05) is 6.61 Å². The molecule has 1 aromatic heterocycles. The minimum atomic E-state index is -4.06. The van der Waals surface area contributed by atoms with E-state index < -0.39 is 33.6 Å². The van der Waals surface area contributed by atoms with Crippen LogP contribution < -0.4 is 0 Å². The lowest BCUT2D eigenvalue weighted by Crippen LogP contribution is -2.41. The summed E-state index contributed by atoms with van der Waals surface area (Å²) in [5.74, 6) is 0. The molecule has 0 saturated carbocycles. The topological polar surface area (TPSA) is 84.0 Å². The Kier molecular flexibility index (Phi) is 9.04. The van der Waals surface area contributed by atoms with Gasteiger partial charge in [0.2, 0.25) is 14.2 Å². The molecule has 5 aromatic rings.